The van der Waals surface area contributed by atoms with E-state index in [0.29, 0.717) is 16.5 Å². The van der Waals surface area contributed by atoms with Crippen molar-refractivity contribution in [1.29, 1.82) is 5.26 Å². The molecule has 0 fully saturated rings. The number of rotatable bonds is 2. The Morgan fingerprint density at radius 2 is 2.38 bits per heavy atom. The standard InChI is InChI=1S/C6H3N3O3S/c7-4-13-6-3-5(9(11)12)1-2-8(6)10/h1-3H. The number of aromatic nitrogens is 1. The van der Waals surface area contributed by atoms with Crippen molar-refractivity contribution in [2.75, 3.05) is 0 Å². The van der Waals surface area contributed by atoms with Crippen LogP contribution < -0.4 is 4.73 Å². The van der Waals surface area contributed by atoms with Gasteiger partial charge in [-0.05, 0) is 0 Å². The second-order valence-electron chi connectivity index (χ2n) is 2.00. The average Bonchev–Trinajstić information content (AvgIpc) is 2.08. The highest BCUT2D eigenvalue weighted by Crippen LogP contribution is 2.17. The highest BCUT2D eigenvalue weighted by atomic mass is 32.2. The van der Waals surface area contributed by atoms with Crippen molar-refractivity contribution in [2.24, 2.45) is 0 Å². The lowest BCUT2D eigenvalue weighted by molar-refractivity contribution is -0.646. The van der Waals surface area contributed by atoms with Crippen molar-refractivity contribution in [1.82, 2.24) is 0 Å². The van der Waals surface area contributed by atoms with Crippen LogP contribution in [0, 0.1) is 26.0 Å². The smallest absolute Gasteiger partial charge is 0.282 e. The maximum atomic E-state index is 10.9. The highest BCUT2D eigenvalue weighted by Gasteiger charge is 2.13. The number of thioether (sulfide) groups is 1. The van der Waals surface area contributed by atoms with E-state index < -0.39 is 4.92 Å². The summed E-state index contributed by atoms with van der Waals surface area (Å²) in [6.07, 6.45) is 0.998. The van der Waals surface area contributed by atoms with E-state index in [-0.39, 0.29) is 10.7 Å². The molecule has 0 amide bonds. The molecule has 0 N–H and O–H groups in total. The number of thiocyanates is 1. The molecule has 0 aliphatic heterocycles. The van der Waals surface area contributed by atoms with Gasteiger partial charge >= 0.3 is 0 Å². The van der Waals surface area contributed by atoms with Crippen LogP contribution in [-0.4, -0.2) is 4.92 Å². The van der Waals surface area contributed by atoms with E-state index in [1.165, 1.54) is 0 Å². The van der Waals surface area contributed by atoms with Gasteiger partial charge in [-0.2, -0.15) is 9.99 Å². The molecule has 0 saturated carbocycles. The number of nitrogens with zero attached hydrogens (tertiary/aromatic N) is 3. The summed E-state index contributed by atoms with van der Waals surface area (Å²) in [6.45, 7) is 0. The minimum absolute atomic E-state index is 0.00306. The fraction of sp³-hybridized carbons (Fsp3) is 0. The third-order valence-corrected chi connectivity index (χ3v) is 1.83. The molecule has 0 spiro atoms. The number of nitriles is 1. The molecular formula is C6H3N3O3S. The summed E-state index contributed by atoms with van der Waals surface area (Å²) in [5.41, 5.74) is -0.204. The van der Waals surface area contributed by atoms with Crippen LogP contribution in [0.15, 0.2) is 23.4 Å². The molecule has 0 aliphatic rings. The summed E-state index contributed by atoms with van der Waals surface area (Å²) < 4.78 is 0.404. The van der Waals surface area contributed by atoms with Gasteiger partial charge in [0, 0.05) is 0 Å². The van der Waals surface area contributed by atoms with Gasteiger partial charge in [-0.15, -0.1) is 0 Å². The summed E-state index contributed by atoms with van der Waals surface area (Å²) in [7, 11) is 0. The molecule has 6 nitrogen and oxygen atoms in total. The largest absolute Gasteiger partial charge is 0.618 e. The number of hydrogen-bond acceptors (Lipinski definition) is 5. The predicted octanol–water partition coefficient (Wildman–Crippen LogP) is 0.801. The van der Waals surface area contributed by atoms with E-state index in [2.05, 4.69) is 0 Å². The summed E-state index contributed by atoms with van der Waals surface area (Å²) in [4.78, 5) is 9.65. The lowest BCUT2D eigenvalue weighted by Crippen LogP contribution is -2.27. The third kappa shape index (κ3) is 2.07. The van der Waals surface area contributed by atoms with E-state index in [9.17, 15) is 15.3 Å². The van der Waals surface area contributed by atoms with E-state index in [0.717, 1.165) is 18.3 Å². The second kappa shape index (κ2) is 3.73. The van der Waals surface area contributed by atoms with E-state index in [1.807, 2.05) is 0 Å². The summed E-state index contributed by atoms with van der Waals surface area (Å²) in [6, 6.07) is 2.13. The van der Waals surface area contributed by atoms with E-state index in [1.54, 1.807) is 5.40 Å². The first-order valence-corrected chi connectivity index (χ1v) is 3.90. The molecule has 1 heterocycles. The molecule has 7 heteroatoms. The van der Waals surface area contributed by atoms with E-state index in [4.69, 9.17) is 5.26 Å². The van der Waals surface area contributed by atoms with Crippen molar-refractivity contribution in [3.8, 4) is 5.40 Å². The van der Waals surface area contributed by atoms with Gasteiger partial charge in [0.2, 0.25) is 0 Å². The molecule has 66 valence electrons. The molecule has 13 heavy (non-hydrogen) atoms. The van der Waals surface area contributed by atoms with E-state index >= 15 is 0 Å². The molecule has 0 atom stereocenters. The van der Waals surface area contributed by atoms with Crippen LogP contribution in [0.3, 0.4) is 0 Å². The number of nitro groups is 1. The lowest BCUT2D eigenvalue weighted by atomic mass is 10.4. The Labute approximate surface area is 77.1 Å². The Kier molecular flexibility index (Phi) is 2.66. The minimum Gasteiger partial charge on any atom is -0.618 e. The monoisotopic (exact) mass is 197 g/mol. The van der Waals surface area contributed by atoms with Gasteiger partial charge in [0.05, 0.1) is 28.8 Å². The van der Waals surface area contributed by atoms with Gasteiger partial charge in [-0.1, -0.05) is 0 Å². The first-order chi connectivity index (χ1) is 6.15. The van der Waals surface area contributed by atoms with Crippen LogP contribution in [0.1, 0.15) is 0 Å². The van der Waals surface area contributed by atoms with Crippen LogP contribution in [0.4, 0.5) is 5.69 Å². The van der Waals surface area contributed by atoms with Crippen molar-refractivity contribution in [3.63, 3.8) is 0 Å². The van der Waals surface area contributed by atoms with Crippen LogP contribution in [0.5, 0.6) is 0 Å². The predicted molar refractivity (Wildman–Crippen MR) is 43.5 cm³/mol. The van der Waals surface area contributed by atoms with Crippen molar-refractivity contribution in [2.45, 2.75) is 5.03 Å². The molecule has 1 aromatic rings. The van der Waals surface area contributed by atoms with Crippen LogP contribution in [-0.2, 0) is 0 Å². The van der Waals surface area contributed by atoms with Crippen molar-refractivity contribution < 1.29 is 9.65 Å². The molecule has 1 rings (SSSR count). The first-order valence-electron chi connectivity index (χ1n) is 3.08. The maximum Gasteiger partial charge on any atom is 0.282 e. The van der Waals surface area contributed by atoms with Gasteiger partial charge in [0.15, 0.2) is 6.20 Å². The normalized spacial score (nSPS) is 9.15. The highest BCUT2D eigenvalue weighted by molar-refractivity contribution is 8.03. The molecule has 0 radical (unpaired) electrons. The van der Waals surface area contributed by atoms with Crippen LogP contribution >= 0.6 is 11.8 Å². The Balaban J connectivity index is 3.12. The molecule has 0 unspecified atom stereocenters. The van der Waals surface area contributed by atoms with Gasteiger partial charge in [0.25, 0.3) is 10.7 Å². The van der Waals surface area contributed by atoms with Crippen LogP contribution in [0.25, 0.3) is 0 Å². The summed E-state index contributed by atoms with van der Waals surface area (Å²) >= 11 is 0.585. The first kappa shape index (κ1) is 9.28. The van der Waals surface area contributed by atoms with Gasteiger partial charge in [-0.25, -0.2) is 0 Å². The molecule has 0 aromatic carbocycles. The van der Waals surface area contributed by atoms with Gasteiger partial charge < -0.3 is 5.21 Å². The Bertz CT molecular complexity index is 387. The molecule has 0 bridgehead atoms. The SMILES string of the molecule is N#CSc1cc([N+](=O)[O-])cc[n+]1[O-]. The Hall–Kier alpha value is -1.81. The summed E-state index contributed by atoms with van der Waals surface area (Å²) in [5.74, 6) is 0. The topological polar surface area (TPSA) is 93.9 Å². The third-order valence-electron chi connectivity index (χ3n) is 1.23. The quantitative estimate of drug-likeness (QED) is 0.174. The molecule has 0 aliphatic carbocycles. The lowest BCUT2D eigenvalue weighted by Gasteiger charge is -1.98. The van der Waals surface area contributed by atoms with Gasteiger partial charge in [0.1, 0.15) is 5.40 Å². The second-order valence-corrected chi connectivity index (χ2v) is 2.80. The van der Waals surface area contributed by atoms with Crippen molar-refractivity contribution >= 4 is 17.4 Å². The number of hydrogen-bond donors (Lipinski definition) is 0. The number of pyridine rings is 1. The van der Waals surface area contributed by atoms with Crippen LogP contribution in [0.2, 0.25) is 0 Å². The van der Waals surface area contributed by atoms with Crippen molar-refractivity contribution in [3.05, 3.63) is 33.7 Å². The fourth-order valence-corrected chi connectivity index (χ4v) is 1.11. The zero-order chi connectivity index (χ0) is 9.84. The zero-order valence-corrected chi connectivity index (χ0v) is 7.02. The summed E-state index contributed by atoms with van der Waals surface area (Å²) in [5, 5.41) is 31.1. The Morgan fingerprint density at radius 1 is 1.69 bits per heavy atom. The maximum absolute atomic E-state index is 10.9. The minimum atomic E-state index is -0.624. The zero-order valence-electron chi connectivity index (χ0n) is 6.21. The fourth-order valence-electron chi connectivity index (χ4n) is 0.691. The molecule has 1 aromatic heterocycles. The average molecular weight is 197 g/mol. The molecular weight excluding hydrogens is 194 g/mol. The Morgan fingerprint density at radius 3 is 2.92 bits per heavy atom. The van der Waals surface area contributed by atoms with Gasteiger partial charge in [-0.3, -0.25) is 10.1 Å². The molecule has 0 saturated heterocycles.